The van der Waals surface area contributed by atoms with Crippen LogP contribution in [0.4, 0.5) is 0 Å². The lowest BCUT2D eigenvalue weighted by atomic mass is 9.70. The van der Waals surface area contributed by atoms with E-state index in [4.69, 9.17) is 0 Å². The summed E-state index contributed by atoms with van der Waals surface area (Å²) >= 11 is 0. The first-order chi connectivity index (χ1) is 19.7. The van der Waals surface area contributed by atoms with E-state index >= 15 is 0 Å². The number of nitrogens with zero attached hydrogens (tertiary/aromatic N) is 2. The standard InChI is InChI=1S/C38H62N2/c1-3-39-35-11-7-5-9-31(35)33-23-21-29(25-37(33)39)19-17-27-13-15-28(16-14-27)18-20-30-22-24-34-32-10-6-8-12-36(32)40(4-2)38(34)26-30/h17-20,27-38H,3-16,21-26H2,1-2H3. The summed E-state index contributed by atoms with van der Waals surface area (Å²) in [4.78, 5) is 5.94. The van der Waals surface area contributed by atoms with Crippen LogP contribution in [0.5, 0.6) is 0 Å². The zero-order valence-electron chi connectivity index (χ0n) is 26.3. The molecule has 10 unspecified atom stereocenters. The summed E-state index contributed by atoms with van der Waals surface area (Å²) in [6.07, 6.45) is 37.4. The van der Waals surface area contributed by atoms with Gasteiger partial charge in [-0.15, -0.1) is 0 Å². The minimum absolute atomic E-state index is 0.852. The van der Waals surface area contributed by atoms with E-state index < -0.39 is 0 Å². The highest BCUT2D eigenvalue weighted by atomic mass is 15.2. The third kappa shape index (κ3) is 5.44. The number of hydrogen-bond donors (Lipinski definition) is 0. The van der Waals surface area contributed by atoms with Crippen molar-refractivity contribution in [3.8, 4) is 0 Å². The average molecular weight is 547 g/mol. The molecule has 2 heteroatoms. The summed E-state index contributed by atoms with van der Waals surface area (Å²) in [6, 6.07) is 3.66. The molecule has 0 aromatic rings. The van der Waals surface area contributed by atoms with Gasteiger partial charge < -0.3 is 0 Å². The molecule has 0 aromatic carbocycles. The van der Waals surface area contributed by atoms with Gasteiger partial charge in [0, 0.05) is 24.2 Å². The molecule has 2 aliphatic heterocycles. The molecule has 0 amide bonds. The van der Waals surface area contributed by atoms with Gasteiger partial charge >= 0.3 is 0 Å². The molecule has 7 aliphatic rings. The lowest BCUT2D eigenvalue weighted by molar-refractivity contribution is 0.135. The second-order valence-corrected chi connectivity index (χ2v) is 15.7. The molecule has 5 saturated carbocycles. The molecule has 2 heterocycles. The number of allylic oxidation sites excluding steroid dienone is 4. The van der Waals surface area contributed by atoms with Gasteiger partial charge in [0.05, 0.1) is 0 Å². The van der Waals surface area contributed by atoms with Crippen LogP contribution in [-0.4, -0.2) is 47.1 Å². The van der Waals surface area contributed by atoms with E-state index in [0.29, 0.717) is 0 Å². The molecule has 10 atom stereocenters. The first-order valence-corrected chi connectivity index (χ1v) is 18.6. The van der Waals surface area contributed by atoms with Gasteiger partial charge in [-0.3, -0.25) is 9.80 Å². The summed E-state index contributed by atoms with van der Waals surface area (Å²) in [5.41, 5.74) is 0. The Bertz CT molecular complexity index is 784. The molecule has 7 fully saturated rings. The summed E-state index contributed by atoms with van der Waals surface area (Å²) in [6.45, 7) is 7.45. The quantitative estimate of drug-likeness (QED) is 0.306. The molecule has 0 spiro atoms. The Labute approximate surface area is 247 Å². The maximum Gasteiger partial charge on any atom is 0.0135 e. The molecule has 224 valence electrons. The van der Waals surface area contributed by atoms with Crippen molar-refractivity contribution in [1.82, 2.24) is 9.80 Å². The number of fused-ring (bicyclic) bond motifs is 6. The van der Waals surface area contributed by atoms with Gasteiger partial charge in [0.1, 0.15) is 0 Å². The first kappa shape index (κ1) is 28.2. The SMILES string of the molecule is CCN1C2CCCCC2C2CCC(C=CC3CCC(C=CC4CCC5C6CCCCC6N(CC)C5C4)CC3)CC21. The van der Waals surface area contributed by atoms with Crippen LogP contribution in [0.15, 0.2) is 24.3 Å². The van der Waals surface area contributed by atoms with Crippen molar-refractivity contribution in [2.45, 2.75) is 154 Å². The maximum atomic E-state index is 2.97. The normalized spacial score (nSPS) is 48.2. The molecule has 5 aliphatic carbocycles. The molecular weight excluding hydrogens is 484 g/mol. The van der Waals surface area contributed by atoms with Crippen molar-refractivity contribution in [2.24, 2.45) is 47.3 Å². The van der Waals surface area contributed by atoms with Gasteiger partial charge in [-0.1, -0.05) is 63.8 Å². The van der Waals surface area contributed by atoms with Crippen LogP contribution in [-0.2, 0) is 0 Å². The van der Waals surface area contributed by atoms with Crippen LogP contribution in [0.2, 0.25) is 0 Å². The highest BCUT2D eigenvalue weighted by Crippen LogP contribution is 2.51. The third-order valence-electron chi connectivity index (χ3n) is 14.0. The highest BCUT2D eigenvalue weighted by Gasteiger charge is 2.51. The molecular formula is C38H62N2. The molecule has 0 bridgehead atoms. The summed E-state index contributed by atoms with van der Waals surface area (Å²) in [5, 5.41) is 0. The summed E-state index contributed by atoms with van der Waals surface area (Å²) in [5.74, 6) is 7.53. The topological polar surface area (TPSA) is 6.48 Å². The van der Waals surface area contributed by atoms with Crippen molar-refractivity contribution < 1.29 is 0 Å². The van der Waals surface area contributed by atoms with Crippen molar-refractivity contribution in [3.63, 3.8) is 0 Å². The van der Waals surface area contributed by atoms with Gasteiger partial charge in [-0.25, -0.2) is 0 Å². The third-order valence-corrected chi connectivity index (χ3v) is 14.0. The van der Waals surface area contributed by atoms with Crippen LogP contribution in [0.3, 0.4) is 0 Å². The molecule has 0 radical (unpaired) electrons. The van der Waals surface area contributed by atoms with Crippen LogP contribution < -0.4 is 0 Å². The first-order valence-electron chi connectivity index (χ1n) is 18.6. The Morgan fingerprint density at radius 1 is 0.400 bits per heavy atom. The van der Waals surface area contributed by atoms with E-state index in [-0.39, 0.29) is 0 Å². The van der Waals surface area contributed by atoms with Gasteiger partial charge in [0.15, 0.2) is 0 Å². The lowest BCUT2D eigenvalue weighted by Crippen LogP contribution is -2.40. The van der Waals surface area contributed by atoms with E-state index in [2.05, 4.69) is 48.0 Å². The Morgan fingerprint density at radius 2 is 0.750 bits per heavy atom. The van der Waals surface area contributed by atoms with E-state index in [9.17, 15) is 0 Å². The maximum absolute atomic E-state index is 2.97. The fourth-order valence-electron chi connectivity index (χ4n) is 12.2. The van der Waals surface area contributed by atoms with Crippen molar-refractivity contribution in [3.05, 3.63) is 24.3 Å². The smallest absolute Gasteiger partial charge is 0.0135 e. The predicted octanol–water partition coefficient (Wildman–Crippen LogP) is 9.26. The lowest BCUT2D eigenvalue weighted by Gasteiger charge is -2.36. The predicted molar refractivity (Wildman–Crippen MR) is 169 cm³/mol. The van der Waals surface area contributed by atoms with Crippen LogP contribution >= 0.6 is 0 Å². The molecule has 40 heavy (non-hydrogen) atoms. The Morgan fingerprint density at radius 3 is 1.18 bits per heavy atom. The van der Waals surface area contributed by atoms with Crippen LogP contribution in [0.25, 0.3) is 0 Å². The monoisotopic (exact) mass is 546 g/mol. The van der Waals surface area contributed by atoms with E-state index in [0.717, 1.165) is 71.5 Å². The van der Waals surface area contributed by atoms with Gasteiger partial charge in [-0.2, -0.15) is 0 Å². The number of rotatable bonds is 6. The van der Waals surface area contributed by atoms with E-state index in [1.165, 1.54) is 129 Å². The minimum atomic E-state index is 0.852. The van der Waals surface area contributed by atoms with Gasteiger partial charge in [-0.05, 0) is 150 Å². The average Bonchev–Trinajstić information content (AvgIpc) is 3.50. The zero-order valence-corrected chi connectivity index (χ0v) is 26.3. The Kier molecular flexibility index (Phi) is 8.85. The molecule has 2 nitrogen and oxygen atoms in total. The minimum Gasteiger partial charge on any atom is -0.297 e. The fourth-order valence-corrected chi connectivity index (χ4v) is 12.2. The van der Waals surface area contributed by atoms with E-state index in [1.54, 1.807) is 0 Å². The largest absolute Gasteiger partial charge is 0.297 e. The van der Waals surface area contributed by atoms with Gasteiger partial charge in [0.25, 0.3) is 0 Å². The Balaban J connectivity index is 0.874. The van der Waals surface area contributed by atoms with Crippen molar-refractivity contribution in [1.29, 1.82) is 0 Å². The molecule has 0 N–H and O–H groups in total. The van der Waals surface area contributed by atoms with Crippen LogP contribution in [0.1, 0.15) is 129 Å². The van der Waals surface area contributed by atoms with Gasteiger partial charge in [0.2, 0.25) is 0 Å². The molecule has 2 saturated heterocycles. The summed E-state index contributed by atoms with van der Waals surface area (Å²) < 4.78 is 0. The molecule has 7 rings (SSSR count). The van der Waals surface area contributed by atoms with Crippen molar-refractivity contribution in [2.75, 3.05) is 13.1 Å². The second-order valence-electron chi connectivity index (χ2n) is 15.7. The number of hydrogen-bond acceptors (Lipinski definition) is 2. The summed E-state index contributed by atoms with van der Waals surface area (Å²) in [7, 11) is 0. The Hall–Kier alpha value is -0.600. The molecule has 0 aromatic heterocycles. The second kappa shape index (κ2) is 12.6. The zero-order chi connectivity index (χ0) is 27.1. The highest BCUT2D eigenvalue weighted by molar-refractivity contribution is 5.09. The number of likely N-dealkylation sites (tertiary alicyclic amines) is 2. The van der Waals surface area contributed by atoms with Crippen molar-refractivity contribution >= 4 is 0 Å². The van der Waals surface area contributed by atoms with E-state index in [1.807, 2.05) is 0 Å². The van der Waals surface area contributed by atoms with Crippen LogP contribution in [0, 0.1) is 47.3 Å². The fraction of sp³-hybridized carbons (Fsp3) is 0.895.